The first-order valence-electron chi connectivity index (χ1n) is 8.10. The second-order valence-electron chi connectivity index (χ2n) is 6.01. The average molecular weight is 306 g/mol. The fourth-order valence-corrected chi connectivity index (χ4v) is 2.78. The van der Waals surface area contributed by atoms with Crippen molar-refractivity contribution in [1.29, 1.82) is 0 Å². The van der Waals surface area contributed by atoms with Gasteiger partial charge in [-0.15, -0.1) is 0 Å². The lowest BCUT2D eigenvalue weighted by Gasteiger charge is -2.11. The molecule has 3 rings (SSSR count). The standard InChI is InChI=1S/C20H22N2O/c1-15-4-2-5-17(14-15)8-7-16-9-11-18(12-10-16)22-20(23)19-6-3-13-21-19/h2,4-5,7-12,14,19,21H,3,6,13H2,1H3,(H,22,23)/b8-7+. The SMILES string of the molecule is Cc1cccc(/C=C/c2ccc(NC(=O)C3CCCN3)cc2)c1. The monoisotopic (exact) mass is 306 g/mol. The Bertz CT molecular complexity index is 698. The highest BCUT2D eigenvalue weighted by Crippen LogP contribution is 2.15. The van der Waals surface area contributed by atoms with Crippen LogP contribution < -0.4 is 10.6 Å². The largest absolute Gasteiger partial charge is 0.325 e. The molecule has 118 valence electrons. The van der Waals surface area contributed by atoms with Gasteiger partial charge < -0.3 is 10.6 Å². The summed E-state index contributed by atoms with van der Waals surface area (Å²) in [5.41, 5.74) is 4.40. The number of hydrogen-bond donors (Lipinski definition) is 2. The van der Waals surface area contributed by atoms with Gasteiger partial charge in [0.2, 0.25) is 5.91 Å². The van der Waals surface area contributed by atoms with Gasteiger partial charge in [-0.25, -0.2) is 0 Å². The maximum absolute atomic E-state index is 12.1. The predicted octanol–water partition coefficient (Wildman–Crippen LogP) is 3.86. The minimum Gasteiger partial charge on any atom is -0.325 e. The van der Waals surface area contributed by atoms with Gasteiger partial charge in [0.25, 0.3) is 0 Å². The smallest absolute Gasteiger partial charge is 0.241 e. The first-order valence-corrected chi connectivity index (χ1v) is 8.10. The Morgan fingerprint density at radius 2 is 1.91 bits per heavy atom. The molecule has 1 unspecified atom stereocenters. The molecule has 0 bridgehead atoms. The second-order valence-corrected chi connectivity index (χ2v) is 6.01. The Labute approximate surface area is 137 Å². The molecule has 3 nitrogen and oxygen atoms in total. The highest BCUT2D eigenvalue weighted by molar-refractivity contribution is 5.95. The molecule has 2 aromatic rings. The van der Waals surface area contributed by atoms with Crippen LogP contribution >= 0.6 is 0 Å². The first kappa shape index (κ1) is 15.5. The Morgan fingerprint density at radius 3 is 2.61 bits per heavy atom. The third-order valence-electron chi connectivity index (χ3n) is 4.07. The molecular weight excluding hydrogens is 284 g/mol. The number of hydrogen-bond acceptors (Lipinski definition) is 2. The molecule has 1 heterocycles. The van der Waals surface area contributed by atoms with Gasteiger partial charge in [0.15, 0.2) is 0 Å². The Kier molecular flexibility index (Phi) is 4.89. The highest BCUT2D eigenvalue weighted by atomic mass is 16.2. The van der Waals surface area contributed by atoms with E-state index in [9.17, 15) is 4.79 Å². The summed E-state index contributed by atoms with van der Waals surface area (Å²) >= 11 is 0. The molecule has 0 radical (unpaired) electrons. The molecule has 1 fully saturated rings. The zero-order valence-corrected chi connectivity index (χ0v) is 13.4. The summed E-state index contributed by atoms with van der Waals surface area (Å²) in [6, 6.07) is 16.3. The van der Waals surface area contributed by atoms with Crippen molar-refractivity contribution in [1.82, 2.24) is 5.32 Å². The zero-order chi connectivity index (χ0) is 16.1. The van der Waals surface area contributed by atoms with Gasteiger partial charge in [-0.3, -0.25) is 4.79 Å². The fourth-order valence-electron chi connectivity index (χ4n) is 2.78. The summed E-state index contributed by atoms with van der Waals surface area (Å²) in [5.74, 6) is 0.0607. The number of carbonyl (C=O) groups excluding carboxylic acids is 1. The van der Waals surface area contributed by atoms with Crippen molar-refractivity contribution in [2.24, 2.45) is 0 Å². The van der Waals surface area contributed by atoms with E-state index in [4.69, 9.17) is 0 Å². The predicted molar refractivity (Wildman–Crippen MR) is 96.2 cm³/mol. The van der Waals surface area contributed by atoms with Gasteiger partial charge >= 0.3 is 0 Å². The van der Waals surface area contributed by atoms with Crippen LogP contribution in [0.4, 0.5) is 5.69 Å². The summed E-state index contributed by atoms with van der Waals surface area (Å²) < 4.78 is 0. The van der Waals surface area contributed by atoms with Crippen molar-refractivity contribution in [3.63, 3.8) is 0 Å². The summed E-state index contributed by atoms with van der Waals surface area (Å²) in [7, 11) is 0. The van der Waals surface area contributed by atoms with Crippen LogP contribution in [0.1, 0.15) is 29.5 Å². The van der Waals surface area contributed by atoms with Crippen LogP contribution in [0.5, 0.6) is 0 Å². The fraction of sp³-hybridized carbons (Fsp3) is 0.250. The topological polar surface area (TPSA) is 41.1 Å². The molecule has 1 amide bonds. The van der Waals surface area contributed by atoms with E-state index < -0.39 is 0 Å². The molecule has 23 heavy (non-hydrogen) atoms. The van der Waals surface area contributed by atoms with Crippen molar-refractivity contribution in [2.75, 3.05) is 11.9 Å². The number of rotatable bonds is 4. The molecule has 2 N–H and O–H groups in total. The maximum atomic E-state index is 12.1. The van der Waals surface area contributed by atoms with Crippen LogP contribution in [0.15, 0.2) is 48.5 Å². The molecule has 1 saturated heterocycles. The molecule has 0 aliphatic carbocycles. The molecule has 1 aliphatic heterocycles. The number of nitrogens with one attached hydrogen (secondary N) is 2. The first-order chi connectivity index (χ1) is 11.2. The number of anilines is 1. The molecule has 1 atom stereocenters. The Balaban J connectivity index is 1.61. The van der Waals surface area contributed by atoms with Crippen molar-refractivity contribution in [2.45, 2.75) is 25.8 Å². The Hall–Kier alpha value is -2.39. The molecular formula is C20H22N2O. The van der Waals surface area contributed by atoms with Crippen molar-refractivity contribution in [3.05, 3.63) is 65.2 Å². The van der Waals surface area contributed by atoms with Gasteiger partial charge in [-0.2, -0.15) is 0 Å². The van der Waals surface area contributed by atoms with Crippen LogP contribution in [0.25, 0.3) is 12.2 Å². The summed E-state index contributed by atoms with van der Waals surface area (Å²) in [4.78, 5) is 12.1. The van der Waals surface area contributed by atoms with Gasteiger partial charge in [-0.05, 0) is 49.6 Å². The van der Waals surface area contributed by atoms with Gasteiger partial charge in [0, 0.05) is 5.69 Å². The number of carbonyl (C=O) groups is 1. The molecule has 0 spiro atoms. The van der Waals surface area contributed by atoms with E-state index >= 15 is 0 Å². The van der Waals surface area contributed by atoms with Crippen molar-refractivity contribution < 1.29 is 4.79 Å². The van der Waals surface area contributed by atoms with Crippen LogP contribution in [0.3, 0.4) is 0 Å². The Morgan fingerprint density at radius 1 is 1.13 bits per heavy atom. The third-order valence-corrected chi connectivity index (χ3v) is 4.07. The lowest BCUT2D eigenvalue weighted by Crippen LogP contribution is -2.35. The average Bonchev–Trinajstić information content (AvgIpc) is 3.09. The minimum absolute atomic E-state index is 0.0455. The molecule has 0 aromatic heterocycles. The minimum atomic E-state index is -0.0455. The molecule has 2 aromatic carbocycles. The molecule has 0 saturated carbocycles. The van der Waals surface area contributed by atoms with Crippen molar-refractivity contribution >= 4 is 23.7 Å². The number of aryl methyl sites for hydroxylation is 1. The quantitative estimate of drug-likeness (QED) is 0.842. The van der Waals surface area contributed by atoms with E-state index in [2.05, 4.69) is 54.0 Å². The second kappa shape index (κ2) is 7.25. The van der Waals surface area contributed by atoms with Crippen molar-refractivity contribution in [3.8, 4) is 0 Å². The van der Waals surface area contributed by atoms with Gasteiger partial charge in [-0.1, -0.05) is 54.1 Å². The van der Waals surface area contributed by atoms with E-state index in [0.29, 0.717) is 0 Å². The van der Waals surface area contributed by atoms with E-state index in [1.54, 1.807) is 0 Å². The van der Waals surface area contributed by atoms with Gasteiger partial charge in [0.05, 0.1) is 6.04 Å². The molecule has 3 heteroatoms. The zero-order valence-electron chi connectivity index (χ0n) is 13.4. The number of benzene rings is 2. The summed E-state index contributed by atoms with van der Waals surface area (Å²) in [6.07, 6.45) is 6.17. The van der Waals surface area contributed by atoms with E-state index in [0.717, 1.165) is 30.6 Å². The molecule has 1 aliphatic rings. The summed E-state index contributed by atoms with van der Waals surface area (Å²) in [6.45, 7) is 3.02. The van der Waals surface area contributed by atoms with E-state index in [-0.39, 0.29) is 11.9 Å². The highest BCUT2D eigenvalue weighted by Gasteiger charge is 2.21. The van der Waals surface area contributed by atoms with E-state index in [1.807, 2.05) is 24.3 Å². The normalized spacial score (nSPS) is 17.5. The van der Waals surface area contributed by atoms with Crippen LogP contribution in [0.2, 0.25) is 0 Å². The van der Waals surface area contributed by atoms with E-state index in [1.165, 1.54) is 11.1 Å². The maximum Gasteiger partial charge on any atom is 0.241 e. The number of amides is 1. The van der Waals surface area contributed by atoms with Crippen LogP contribution in [-0.4, -0.2) is 18.5 Å². The van der Waals surface area contributed by atoms with Crippen LogP contribution in [-0.2, 0) is 4.79 Å². The van der Waals surface area contributed by atoms with Crippen LogP contribution in [0, 0.1) is 6.92 Å². The third kappa shape index (κ3) is 4.30. The lowest BCUT2D eigenvalue weighted by molar-refractivity contribution is -0.117. The lowest BCUT2D eigenvalue weighted by atomic mass is 10.1. The van der Waals surface area contributed by atoms with Gasteiger partial charge in [0.1, 0.15) is 0 Å². The summed E-state index contributed by atoms with van der Waals surface area (Å²) in [5, 5.41) is 6.17.